The summed E-state index contributed by atoms with van der Waals surface area (Å²) in [6, 6.07) is 7.25. The third kappa shape index (κ3) is 3.83. The van der Waals surface area contributed by atoms with Crippen LogP contribution in [0.3, 0.4) is 0 Å². The van der Waals surface area contributed by atoms with Crippen molar-refractivity contribution in [1.29, 1.82) is 0 Å². The van der Waals surface area contributed by atoms with E-state index in [-0.39, 0.29) is 11.8 Å². The zero-order chi connectivity index (χ0) is 19.0. The van der Waals surface area contributed by atoms with Crippen molar-refractivity contribution < 1.29 is 9.53 Å². The molecule has 1 fully saturated rings. The van der Waals surface area contributed by atoms with Gasteiger partial charge in [0.25, 0.3) is 0 Å². The maximum absolute atomic E-state index is 12.6. The maximum atomic E-state index is 12.6. The predicted octanol–water partition coefficient (Wildman–Crippen LogP) is 3.88. The topological polar surface area (TPSA) is 84.8 Å². The van der Waals surface area contributed by atoms with Gasteiger partial charge in [0.2, 0.25) is 5.91 Å². The van der Waals surface area contributed by atoms with Crippen molar-refractivity contribution in [3.63, 3.8) is 0 Å². The Morgan fingerprint density at radius 1 is 1.37 bits per heavy atom. The van der Waals surface area contributed by atoms with Crippen LogP contribution in [0, 0.1) is 0 Å². The van der Waals surface area contributed by atoms with Gasteiger partial charge in [-0.2, -0.15) is 10.2 Å². The van der Waals surface area contributed by atoms with E-state index in [0.29, 0.717) is 22.5 Å². The molecule has 1 atom stereocenters. The van der Waals surface area contributed by atoms with Crippen LogP contribution in [0.5, 0.6) is 5.75 Å². The summed E-state index contributed by atoms with van der Waals surface area (Å²) in [7, 11) is 1.58. The Morgan fingerprint density at radius 3 is 2.93 bits per heavy atom. The Morgan fingerprint density at radius 2 is 2.19 bits per heavy atom. The lowest BCUT2D eigenvalue weighted by Gasteiger charge is -2.09. The number of anilines is 1. The molecule has 1 saturated carbocycles. The van der Waals surface area contributed by atoms with Gasteiger partial charge in [0.1, 0.15) is 11.6 Å². The Bertz CT molecular complexity index is 976. The number of hydrogen-bond donors (Lipinski definition) is 2. The number of benzene rings is 1. The number of H-pyrrole nitrogens is 1. The predicted molar refractivity (Wildman–Crippen MR) is 103 cm³/mol. The van der Waals surface area contributed by atoms with Crippen LogP contribution in [0.2, 0.25) is 5.02 Å². The first-order valence-electron chi connectivity index (χ1n) is 8.79. The van der Waals surface area contributed by atoms with Gasteiger partial charge in [0.15, 0.2) is 0 Å². The molecule has 1 aliphatic rings. The van der Waals surface area contributed by atoms with Crippen molar-refractivity contribution >= 4 is 23.3 Å². The Hall–Kier alpha value is -2.80. The number of ether oxygens (including phenoxy) is 1. The number of nitrogens with zero attached hydrogens (tertiary/aromatic N) is 3. The van der Waals surface area contributed by atoms with E-state index >= 15 is 0 Å². The minimum absolute atomic E-state index is 0.121. The van der Waals surface area contributed by atoms with Crippen molar-refractivity contribution in [2.75, 3.05) is 12.4 Å². The van der Waals surface area contributed by atoms with Crippen molar-refractivity contribution in [2.45, 2.75) is 31.6 Å². The van der Waals surface area contributed by atoms with Gasteiger partial charge < -0.3 is 10.1 Å². The second-order valence-corrected chi connectivity index (χ2v) is 7.20. The largest absolute Gasteiger partial charge is 0.497 e. The van der Waals surface area contributed by atoms with Crippen LogP contribution >= 0.6 is 11.6 Å². The lowest BCUT2D eigenvalue weighted by molar-refractivity contribution is -0.117. The summed E-state index contributed by atoms with van der Waals surface area (Å²) in [6.07, 6.45) is 5.84. The summed E-state index contributed by atoms with van der Waals surface area (Å²) in [5, 5.41) is 14.9. The van der Waals surface area contributed by atoms with E-state index in [4.69, 9.17) is 16.3 Å². The monoisotopic (exact) mass is 385 g/mol. The number of rotatable bonds is 6. The lowest BCUT2D eigenvalue weighted by atomic mass is 10.0. The molecule has 7 nitrogen and oxygen atoms in total. The van der Waals surface area contributed by atoms with Gasteiger partial charge in [-0.25, -0.2) is 4.68 Å². The molecule has 27 heavy (non-hydrogen) atoms. The van der Waals surface area contributed by atoms with E-state index in [1.54, 1.807) is 30.1 Å². The Balaban J connectivity index is 1.48. The third-order valence-electron chi connectivity index (χ3n) is 4.70. The van der Waals surface area contributed by atoms with Crippen molar-refractivity contribution in [3.8, 4) is 11.4 Å². The lowest BCUT2D eigenvalue weighted by Crippen LogP contribution is -2.18. The molecule has 0 bridgehead atoms. The Kier molecular flexibility index (Phi) is 4.61. The number of amides is 1. The van der Waals surface area contributed by atoms with Crippen LogP contribution in [0.25, 0.3) is 5.69 Å². The van der Waals surface area contributed by atoms with E-state index in [0.717, 1.165) is 16.9 Å². The van der Waals surface area contributed by atoms with Gasteiger partial charge in [-0.3, -0.25) is 9.89 Å². The summed E-state index contributed by atoms with van der Waals surface area (Å²) in [4.78, 5) is 12.6. The van der Waals surface area contributed by atoms with Gasteiger partial charge in [-0.05, 0) is 31.9 Å². The van der Waals surface area contributed by atoms with E-state index < -0.39 is 0 Å². The number of aromatic amines is 1. The van der Waals surface area contributed by atoms with Crippen LogP contribution in [0.15, 0.2) is 36.7 Å². The molecule has 2 N–H and O–H groups in total. The molecule has 0 aliphatic heterocycles. The second kappa shape index (κ2) is 7.08. The molecule has 1 aromatic carbocycles. The molecule has 2 heterocycles. The summed E-state index contributed by atoms with van der Waals surface area (Å²) in [5.74, 6) is 1.32. The third-order valence-corrected chi connectivity index (χ3v) is 4.92. The van der Waals surface area contributed by atoms with Crippen molar-refractivity contribution in [1.82, 2.24) is 20.0 Å². The molecule has 1 aliphatic carbocycles. The molecule has 1 amide bonds. The molecule has 0 saturated heterocycles. The molecule has 2 aromatic heterocycles. The molecular formula is C19H20ClN5O2. The highest BCUT2D eigenvalue weighted by molar-refractivity contribution is 6.30. The zero-order valence-electron chi connectivity index (χ0n) is 15.1. The smallest absolute Gasteiger partial charge is 0.232 e. The van der Waals surface area contributed by atoms with E-state index in [1.807, 2.05) is 25.3 Å². The molecular weight excluding hydrogens is 366 g/mol. The fraction of sp³-hybridized carbons (Fsp3) is 0.316. The summed E-state index contributed by atoms with van der Waals surface area (Å²) >= 11 is 6.12. The number of carbonyl (C=O) groups is 1. The van der Waals surface area contributed by atoms with Crippen LogP contribution < -0.4 is 10.1 Å². The first kappa shape index (κ1) is 17.6. The fourth-order valence-electron chi connectivity index (χ4n) is 2.88. The summed E-state index contributed by atoms with van der Waals surface area (Å²) in [5.41, 5.74) is 2.58. The SMILES string of the molecule is COc1cc(Cl)cc(-n2cc([C@@H](C)C(=O)Nc3cc(C4CC4)n[nH]3)cn2)c1. The molecule has 4 rings (SSSR count). The number of halogens is 1. The van der Waals surface area contributed by atoms with E-state index in [1.165, 1.54) is 12.8 Å². The molecule has 0 radical (unpaired) electrons. The van der Waals surface area contributed by atoms with Crippen molar-refractivity contribution in [3.05, 3.63) is 52.9 Å². The maximum Gasteiger partial charge on any atom is 0.232 e. The molecule has 0 unspecified atom stereocenters. The van der Waals surface area contributed by atoms with Gasteiger partial charge >= 0.3 is 0 Å². The van der Waals surface area contributed by atoms with Crippen LogP contribution in [-0.4, -0.2) is 33.0 Å². The molecule has 8 heteroatoms. The molecule has 0 spiro atoms. The number of nitrogens with one attached hydrogen (secondary N) is 2. The minimum Gasteiger partial charge on any atom is -0.497 e. The second-order valence-electron chi connectivity index (χ2n) is 6.76. The minimum atomic E-state index is -0.368. The van der Waals surface area contributed by atoms with Gasteiger partial charge in [-0.1, -0.05) is 11.6 Å². The number of methoxy groups -OCH3 is 1. The van der Waals surface area contributed by atoms with Gasteiger partial charge in [-0.15, -0.1) is 0 Å². The molecule has 140 valence electrons. The van der Waals surface area contributed by atoms with Gasteiger partial charge in [0, 0.05) is 34.8 Å². The zero-order valence-corrected chi connectivity index (χ0v) is 15.8. The van der Waals surface area contributed by atoms with Crippen LogP contribution in [0.4, 0.5) is 5.82 Å². The highest BCUT2D eigenvalue weighted by atomic mass is 35.5. The molecule has 3 aromatic rings. The Labute approximate surface area is 161 Å². The first-order valence-corrected chi connectivity index (χ1v) is 9.17. The summed E-state index contributed by atoms with van der Waals surface area (Å²) < 4.78 is 6.92. The number of hydrogen-bond acceptors (Lipinski definition) is 4. The highest BCUT2D eigenvalue weighted by Crippen LogP contribution is 2.39. The summed E-state index contributed by atoms with van der Waals surface area (Å²) in [6.45, 7) is 1.84. The van der Waals surface area contributed by atoms with Crippen LogP contribution in [-0.2, 0) is 4.79 Å². The number of carbonyl (C=O) groups excluding carboxylic acids is 1. The average molecular weight is 386 g/mol. The van der Waals surface area contributed by atoms with E-state index in [9.17, 15) is 4.79 Å². The first-order chi connectivity index (χ1) is 13.0. The highest BCUT2D eigenvalue weighted by Gasteiger charge is 2.26. The van der Waals surface area contributed by atoms with Crippen molar-refractivity contribution in [2.24, 2.45) is 0 Å². The quantitative estimate of drug-likeness (QED) is 0.674. The van der Waals surface area contributed by atoms with Gasteiger partial charge in [0.05, 0.1) is 30.6 Å². The number of aromatic nitrogens is 4. The average Bonchev–Trinajstić information content (AvgIpc) is 3.20. The van der Waals surface area contributed by atoms with Crippen LogP contribution in [0.1, 0.15) is 42.9 Å². The normalized spacial score (nSPS) is 14.8. The van der Waals surface area contributed by atoms with E-state index in [2.05, 4.69) is 20.6 Å². The fourth-order valence-corrected chi connectivity index (χ4v) is 3.10. The standard InChI is InChI=1S/C19H20ClN5O2/c1-11(19(26)22-18-8-17(23-24-18)12-3-4-12)13-9-21-25(10-13)15-5-14(20)6-16(7-15)27-2/h5-12H,3-4H2,1-2H3,(H2,22,23,24,26)/t11-/m1/s1.